The molecule has 2 aromatic heterocycles. The van der Waals surface area contributed by atoms with Crippen molar-refractivity contribution in [2.45, 2.75) is 4.90 Å². The molecule has 2 rings (SSSR count). The van der Waals surface area contributed by atoms with Crippen LogP contribution < -0.4 is 0 Å². The second kappa shape index (κ2) is 3.08. The third-order valence-corrected chi connectivity index (χ3v) is 2.96. The summed E-state index contributed by atoms with van der Waals surface area (Å²) in [7, 11) is 1.31. The zero-order valence-corrected chi connectivity index (χ0v) is 8.77. The lowest BCUT2D eigenvalue weighted by Crippen LogP contribution is -1.91. The summed E-state index contributed by atoms with van der Waals surface area (Å²) in [4.78, 5) is 7.25. The molecule has 0 saturated heterocycles. The zero-order chi connectivity index (χ0) is 10.3. The molecular weight excluding hydrogens is 251 g/mol. The topological polar surface area (TPSA) is 73.1 Å². The van der Waals surface area contributed by atoms with Crippen molar-refractivity contribution in [3.63, 3.8) is 0 Å². The summed E-state index contributed by atoms with van der Waals surface area (Å²) in [6, 6.07) is 1.24. The van der Waals surface area contributed by atoms with E-state index in [4.69, 9.17) is 26.7 Å². The molecule has 0 spiro atoms. The van der Waals surface area contributed by atoms with E-state index in [1.54, 1.807) is 0 Å². The maximum atomic E-state index is 10.9. The number of aromatic nitrogens is 2. The number of halogens is 2. The molecule has 0 aliphatic carbocycles. The molecule has 0 bridgehead atoms. The lowest BCUT2D eigenvalue weighted by molar-refractivity contribution is 0.592. The molecule has 5 nitrogen and oxygen atoms in total. The van der Waals surface area contributed by atoms with Crippen LogP contribution in [-0.4, -0.2) is 18.4 Å². The van der Waals surface area contributed by atoms with Crippen molar-refractivity contribution in [1.29, 1.82) is 0 Å². The van der Waals surface area contributed by atoms with Gasteiger partial charge in [0.15, 0.2) is 0 Å². The van der Waals surface area contributed by atoms with Gasteiger partial charge in [0, 0.05) is 10.7 Å². The number of fused-ring (bicyclic) bond motifs is 1. The maximum Gasteiger partial charge on any atom is 0.294 e. The largest absolute Gasteiger partial charge is 0.408 e. The van der Waals surface area contributed by atoms with E-state index in [9.17, 15) is 8.42 Å². The predicted octanol–water partition coefficient (Wildman–Crippen LogP) is 1.80. The molecule has 8 heteroatoms. The average molecular weight is 253 g/mol. The fourth-order valence-corrected chi connectivity index (χ4v) is 1.76. The number of oxazole rings is 1. The van der Waals surface area contributed by atoms with Crippen molar-refractivity contribution in [3.8, 4) is 0 Å². The Kier molecular flexibility index (Phi) is 2.13. The van der Waals surface area contributed by atoms with Crippen molar-refractivity contribution in [3.05, 3.63) is 17.6 Å². The molecule has 0 unspecified atom stereocenters. The standard InChI is InChI=1S/C6H2Cl2N2O3S/c7-6-10-4-1-3(14(8,11)12)2-9-5(4)13-6/h1-2H. The van der Waals surface area contributed by atoms with E-state index in [2.05, 4.69) is 9.97 Å². The lowest BCUT2D eigenvalue weighted by Gasteiger charge is -1.92. The zero-order valence-electron chi connectivity index (χ0n) is 6.44. The third-order valence-electron chi connectivity index (χ3n) is 1.48. The van der Waals surface area contributed by atoms with Crippen LogP contribution in [0.2, 0.25) is 5.35 Å². The second-order valence-electron chi connectivity index (χ2n) is 2.40. The summed E-state index contributed by atoms with van der Waals surface area (Å²) in [6.07, 6.45) is 1.08. The molecular formula is C6H2Cl2N2O3S. The van der Waals surface area contributed by atoms with Crippen LogP contribution in [0.5, 0.6) is 0 Å². The molecule has 0 N–H and O–H groups in total. The van der Waals surface area contributed by atoms with Crippen molar-refractivity contribution in [2.24, 2.45) is 0 Å². The summed E-state index contributed by atoms with van der Waals surface area (Å²) in [5, 5.41) is -0.100. The molecule has 0 amide bonds. The number of hydrogen-bond donors (Lipinski definition) is 0. The Morgan fingerprint density at radius 3 is 2.79 bits per heavy atom. The monoisotopic (exact) mass is 252 g/mol. The molecule has 2 heterocycles. The molecule has 0 aliphatic rings. The molecule has 0 aliphatic heterocycles. The Morgan fingerprint density at radius 2 is 2.14 bits per heavy atom. The number of hydrogen-bond acceptors (Lipinski definition) is 5. The highest BCUT2D eigenvalue weighted by Crippen LogP contribution is 2.21. The summed E-state index contributed by atoms with van der Waals surface area (Å²) >= 11 is 5.45. The molecule has 0 aromatic carbocycles. The quantitative estimate of drug-likeness (QED) is 0.724. The molecule has 0 saturated carbocycles. The molecule has 0 atom stereocenters. The van der Waals surface area contributed by atoms with Gasteiger partial charge in [-0.2, -0.15) is 4.98 Å². The highest BCUT2D eigenvalue weighted by Gasteiger charge is 2.13. The molecule has 14 heavy (non-hydrogen) atoms. The van der Waals surface area contributed by atoms with Gasteiger partial charge in [-0.3, -0.25) is 0 Å². The Balaban J connectivity index is 2.74. The van der Waals surface area contributed by atoms with Gasteiger partial charge in [0.1, 0.15) is 10.4 Å². The maximum absolute atomic E-state index is 10.9. The number of rotatable bonds is 1. The number of pyridine rings is 1. The first kappa shape index (κ1) is 9.70. The van der Waals surface area contributed by atoms with Crippen LogP contribution in [0.1, 0.15) is 0 Å². The summed E-state index contributed by atoms with van der Waals surface area (Å²) in [5.41, 5.74) is 0.413. The first-order chi connectivity index (χ1) is 6.47. The van der Waals surface area contributed by atoms with Gasteiger partial charge in [-0.15, -0.1) is 0 Å². The Morgan fingerprint density at radius 1 is 1.43 bits per heavy atom. The lowest BCUT2D eigenvalue weighted by atomic mass is 10.4. The van der Waals surface area contributed by atoms with Crippen molar-refractivity contribution >= 4 is 42.6 Å². The van der Waals surface area contributed by atoms with Gasteiger partial charge in [-0.1, -0.05) is 0 Å². The van der Waals surface area contributed by atoms with E-state index in [1.165, 1.54) is 6.07 Å². The van der Waals surface area contributed by atoms with Crippen LogP contribution in [0.15, 0.2) is 21.6 Å². The predicted molar refractivity (Wildman–Crippen MR) is 49.9 cm³/mol. The first-order valence-electron chi connectivity index (χ1n) is 3.33. The molecule has 0 radical (unpaired) electrons. The highest BCUT2D eigenvalue weighted by atomic mass is 35.7. The summed E-state index contributed by atoms with van der Waals surface area (Å²) in [5.74, 6) is 0. The molecule has 74 valence electrons. The van der Waals surface area contributed by atoms with Gasteiger partial charge in [0.25, 0.3) is 14.4 Å². The van der Waals surface area contributed by atoms with Crippen LogP contribution in [0.25, 0.3) is 11.2 Å². The van der Waals surface area contributed by atoms with E-state index >= 15 is 0 Å². The van der Waals surface area contributed by atoms with E-state index in [0.717, 1.165) is 6.20 Å². The van der Waals surface area contributed by atoms with Crippen molar-refractivity contribution in [1.82, 2.24) is 9.97 Å². The van der Waals surface area contributed by atoms with Crippen LogP contribution in [0.3, 0.4) is 0 Å². The van der Waals surface area contributed by atoms with Crippen LogP contribution >= 0.6 is 22.3 Å². The van der Waals surface area contributed by atoms with Crippen molar-refractivity contribution in [2.75, 3.05) is 0 Å². The minimum atomic E-state index is -3.80. The highest BCUT2D eigenvalue weighted by molar-refractivity contribution is 8.13. The Labute approximate surface area is 88.1 Å². The van der Waals surface area contributed by atoms with Gasteiger partial charge in [-0.05, 0) is 17.7 Å². The molecule has 2 aromatic rings. The fourth-order valence-electron chi connectivity index (χ4n) is 0.912. The second-order valence-corrected chi connectivity index (χ2v) is 5.29. The van der Waals surface area contributed by atoms with Gasteiger partial charge in [-0.25, -0.2) is 13.4 Å². The van der Waals surface area contributed by atoms with Crippen LogP contribution in [0.4, 0.5) is 0 Å². The smallest absolute Gasteiger partial charge is 0.294 e. The van der Waals surface area contributed by atoms with E-state index in [0.29, 0.717) is 0 Å². The van der Waals surface area contributed by atoms with Crippen molar-refractivity contribution < 1.29 is 12.8 Å². The molecule has 0 fully saturated rings. The summed E-state index contributed by atoms with van der Waals surface area (Å²) in [6.45, 7) is 0. The van der Waals surface area contributed by atoms with E-state index in [-0.39, 0.29) is 21.5 Å². The van der Waals surface area contributed by atoms with Gasteiger partial charge >= 0.3 is 0 Å². The fraction of sp³-hybridized carbons (Fsp3) is 0. The van der Waals surface area contributed by atoms with Gasteiger partial charge in [0.05, 0.1) is 6.20 Å². The van der Waals surface area contributed by atoms with Gasteiger partial charge < -0.3 is 4.42 Å². The average Bonchev–Trinajstić information content (AvgIpc) is 2.41. The van der Waals surface area contributed by atoms with Crippen LogP contribution in [0, 0.1) is 0 Å². The Bertz CT molecular complexity index is 592. The Hall–Kier alpha value is -0.850. The van der Waals surface area contributed by atoms with E-state index < -0.39 is 9.05 Å². The minimum Gasteiger partial charge on any atom is -0.408 e. The van der Waals surface area contributed by atoms with E-state index in [1.807, 2.05) is 0 Å². The van der Waals surface area contributed by atoms with Gasteiger partial charge in [0.2, 0.25) is 5.71 Å². The first-order valence-corrected chi connectivity index (χ1v) is 6.02. The number of nitrogens with zero attached hydrogens (tertiary/aromatic N) is 2. The minimum absolute atomic E-state index is 0.100. The summed E-state index contributed by atoms with van der Waals surface area (Å²) < 4.78 is 26.7. The third kappa shape index (κ3) is 1.68. The normalized spacial score (nSPS) is 12.1. The van der Waals surface area contributed by atoms with Crippen LogP contribution in [-0.2, 0) is 9.05 Å². The SMILES string of the molecule is O=S(=O)(Cl)c1cnc2oc(Cl)nc2c1.